The summed E-state index contributed by atoms with van der Waals surface area (Å²) >= 11 is 0. The Morgan fingerprint density at radius 3 is 2.75 bits per heavy atom. The molecule has 0 spiro atoms. The lowest BCUT2D eigenvalue weighted by Crippen LogP contribution is -2.28. The Kier molecular flexibility index (Phi) is 2.32. The van der Waals surface area contributed by atoms with Crippen LogP contribution in [0.3, 0.4) is 0 Å². The molecule has 3 rings (SSSR count). The average Bonchev–Trinajstić information content (AvgIpc) is 3.09. The normalized spacial score (nSPS) is 28.2. The molecule has 1 nitrogen and oxygen atoms in total. The van der Waals surface area contributed by atoms with E-state index in [1.807, 2.05) is 6.92 Å². The Labute approximate surface area is 97.5 Å². The molecule has 2 aliphatic rings. The summed E-state index contributed by atoms with van der Waals surface area (Å²) in [5.74, 6) is 0.609. The number of hydrogen-bond acceptors (Lipinski definition) is 1. The van der Waals surface area contributed by atoms with Crippen LogP contribution in [0.2, 0.25) is 0 Å². The Balaban J connectivity index is 1.99. The highest BCUT2D eigenvalue weighted by molar-refractivity contribution is 5.36. The average molecular weight is 216 g/mol. The highest BCUT2D eigenvalue weighted by Gasteiger charge is 2.53. The van der Waals surface area contributed by atoms with E-state index < -0.39 is 0 Å². The van der Waals surface area contributed by atoms with Crippen LogP contribution >= 0.6 is 0 Å². The van der Waals surface area contributed by atoms with Crippen LogP contribution in [0.5, 0.6) is 0 Å². The van der Waals surface area contributed by atoms with Crippen molar-refractivity contribution in [3.8, 4) is 0 Å². The van der Waals surface area contributed by atoms with Crippen molar-refractivity contribution >= 4 is 0 Å². The Morgan fingerprint density at radius 1 is 1.31 bits per heavy atom. The van der Waals surface area contributed by atoms with E-state index in [0.717, 1.165) is 0 Å². The molecule has 1 fully saturated rings. The van der Waals surface area contributed by atoms with Gasteiger partial charge in [0.15, 0.2) is 0 Å². The lowest BCUT2D eigenvalue weighted by Gasteiger charge is -2.34. The van der Waals surface area contributed by atoms with E-state index in [-0.39, 0.29) is 11.5 Å². The molecule has 2 atom stereocenters. The molecule has 0 saturated heterocycles. The number of aryl methyl sites for hydroxylation is 1. The topological polar surface area (TPSA) is 20.2 Å². The van der Waals surface area contributed by atoms with E-state index in [9.17, 15) is 5.11 Å². The summed E-state index contributed by atoms with van der Waals surface area (Å²) in [4.78, 5) is 0. The number of benzene rings is 1. The quantitative estimate of drug-likeness (QED) is 0.804. The molecular formula is C15H20O. The Morgan fingerprint density at radius 2 is 2.06 bits per heavy atom. The second kappa shape index (κ2) is 3.59. The third-order valence-corrected chi connectivity index (χ3v) is 4.72. The van der Waals surface area contributed by atoms with Gasteiger partial charge in [-0.05, 0) is 56.1 Å². The van der Waals surface area contributed by atoms with Gasteiger partial charge in [0.05, 0.1) is 6.10 Å². The fourth-order valence-electron chi connectivity index (χ4n) is 3.55. The number of hydrogen-bond donors (Lipinski definition) is 1. The standard InChI is InChI=1S/C15H20O/c1-11(16)15(9-10-15)14-8-4-6-12-5-2-3-7-13(12)14/h2-3,5,7,11,14,16H,4,6,8-10H2,1H3. The summed E-state index contributed by atoms with van der Waals surface area (Å²) in [6.07, 6.45) is 6.05. The molecule has 2 unspecified atom stereocenters. The number of fused-ring (bicyclic) bond motifs is 1. The van der Waals surface area contributed by atoms with Gasteiger partial charge in [0.1, 0.15) is 0 Å². The first kappa shape index (κ1) is 10.3. The third kappa shape index (κ3) is 1.41. The highest BCUT2D eigenvalue weighted by Crippen LogP contribution is 2.61. The van der Waals surface area contributed by atoms with Crippen molar-refractivity contribution in [2.45, 2.75) is 51.0 Å². The van der Waals surface area contributed by atoms with Crippen molar-refractivity contribution in [1.29, 1.82) is 0 Å². The Hall–Kier alpha value is -0.820. The van der Waals surface area contributed by atoms with E-state index in [0.29, 0.717) is 5.92 Å². The first-order valence-electron chi connectivity index (χ1n) is 6.50. The molecule has 1 aromatic carbocycles. The summed E-state index contributed by atoms with van der Waals surface area (Å²) in [5, 5.41) is 10.0. The fraction of sp³-hybridized carbons (Fsp3) is 0.600. The molecule has 0 aliphatic heterocycles. The van der Waals surface area contributed by atoms with E-state index in [4.69, 9.17) is 0 Å². The Bertz CT molecular complexity index is 390. The minimum absolute atomic E-state index is 0.149. The van der Waals surface area contributed by atoms with E-state index in [1.165, 1.54) is 43.2 Å². The van der Waals surface area contributed by atoms with Gasteiger partial charge in [-0.1, -0.05) is 24.3 Å². The molecule has 0 radical (unpaired) electrons. The molecule has 1 saturated carbocycles. The SMILES string of the molecule is CC(O)C1(C2CCCc3ccccc32)CC1. The van der Waals surface area contributed by atoms with Gasteiger partial charge in [-0.2, -0.15) is 0 Å². The van der Waals surface area contributed by atoms with Crippen LogP contribution in [0, 0.1) is 5.41 Å². The maximum absolute atomic E-state index is 10.0. The van der Waals surface area contributed by atoms with Crippen molar-refractivity contribution in [2.24, 2.45) is 5.41 Å². The molecular weight excluding hydrogens is 196 g/mol. The molecule has 86 valence electrons. The maximum atomic E-state index is 10.0. The number of rotatable bonds is 2. The second-order valence-corrected chi connectivity index (χ2v) is 5.55. The minimum Gasteiger partial charge on any atom is -0.393 e. The zero-order valence-corrected chi connectivity index (χ0v) is 9.95. The van der Waals surface area contributed by atoms with Gasteiger partial charge in [-0.25, -0.2) is 0 Å². The predicted octanol–water partition coefficient (Wildman–Crippen LogP) is 3.27. The van der Waals surface area contributed by atoms with Crippen molar-refractivity contribution in [1.82, 2.24) is 0 Å². The smallest absolute Gasteiger partial charge is 0.0574 e. The zero-order valence-electron chi connectivity index (χ0n) is 9.95. The van der Waals surface area contributed by atoms with Gasteiger partial charge in [-0.3, -0.25) is 0 Å². The number of aliphatic hydroxyl groups excluding tert-OH is 1. The van der Waals surface area contributed by atoms with Crippen molar-refractivity contribution in [3.63, 3.8) is 0 Å². The fourth-order valence-corrected chi connectivity index (χ4v) is 3.55. The van der Waals surface area contributed by atoms with Crippen LogP contribution < -0.4 is 0 Å². The summed E-state index contributed by atoms with van der Waals surface area (Å²) in [6, 6.07) is 8.83. The first-order chi connectivity index (χ1) is 7.74. The van der Waals surface area contributed by atoms with Gasteiger partial charge >= 0.3 is 0 Å². The largest absolute Gasteiger partial charge is 0.393 e. The van der Waals surface area contributed by atoms with Crippen molar-refractivity contribution in [2.75, 3.05) is 0 Å². The minimum atomic E-state index is -0.149. The molecule has 16 heavy (non-hydrogen) atoms. The van der Waals surface area contributed by atoms with E-state index in [2.05, 4.69) is 24.3 Å². The summed E-state index contributed by atoms with van der Waals surface area (Å²) in [6.45, 7) is 1.98. The molecule has 0 bridgehead atoms. The molecule has 1 N–H and O–H groups in total. The lowest BCUT2D eigenvalue weighted by molar-refractivity contribution is 0.0867. The van der Waals surface area contributed by atoms with Crippen LogP contribution in [0.1, 0.15) is 49.7 Å². The van der Waals surface area contributed by atoms with E-state index >= 15 is 0 Å². The maximum Gasteiger partial charge on any atom is 0.0574 e. The third-order valence-electron chi connectivity index (χ3n) is 4.72. The van der Waals surface area contributed by atoms with Crippen LogP contribution in [0.15, 0.2) is 24.3 Å². The molecule has 0 aromatic heterocycles. The summed E-state index contributed by atoms with van der Waals surface area (Å²) in [5.41, 5.74) is 3.26. The van der Waals surface area contributed by atoms with Crippen LogP contribution in [0.4, 0.5) is 0 Å². The summed E-state index contributed by atoms with van der Waals surface area (Å²) < 4.78 is 0. The van der Waals surface area contributed by atoms with Crippen LogP contribution in [-0.2, 0) is 6.42 Å². The lowest BCUT2D eigenvalue weighted by atomic mass is 9.72. The highest BCUT2D eigenvalue weighted by atomic mass is 16.3. The molecule has 2 aliphatic carbocycles. The van der Waals surface area contributed by atoms with Gasteiger partial charge < -0.3 is 5.11 Å². The van der Waals surface area contributed by atoms with E-state index in [1.54, 1.807) is 0 Å². The number of aliphatic hydroxyl groups is 1. The van der Waals surface area contributed by atoms with Crippen LogP contribution in [-0.4, -0.2) is 11.2 Å². The van der Waals surface area contributed by atoms with Crippen molar-refractivity contribution in [3.05, 3.63) is 35.4 Å². The molecule has 0 amide bonds. The molecule has 1 heteroatoms. The zero-order chi connectivity index (χ0) is 11.2. The van der Waals surface area contributed by atoms with Gasteiger partial charge in [-0.15, -0.1) is 0 Å². The first-order valence-corrected chi connectivity index (χ1v) is 6.50. The predicted molar refractivity (Wildman–Crippen MR) is 65.5 cm³/mol. The second-order valence-electron chi connectivity index (χ2n) is 5.55. The van der Waals surface area contributed by atoms with Crippen molar-refractivity contribution < 1.29 is 5.11 Å². The van der Waals surface area contributed by atoms with Gasteiger partial charge in [0, 0.05) is 5.41 Å². The van der Waals surface area contributed by atoms with Gasteiger partial charge in [0.2, 0.25) is 0 Å². The molecule has 0 heterocycles. The molecule has 1 aromatic rings. The summed E-state index contributed by atoms with van der Waals surface area (Å²) in [7, 11) is 0. The van der Waals surface area contributed by atoms with Crippen LogP contribution in [0.25, 0.3) is 0 Å². The van der Waals surface area contributed by atoms with Gasteiger partial charge in [0.25, 0.3) is 0 Å². The monoisotopic (exact) mass is 216 g/mol.